The molecule has 1 aliphatic rings. The number of thiophene rings is 2. The molecule has 6 nitrogen and oxygen atoms in total. The van der Waals surface area contributed by atoms with E-state index in [1.165, 1.54) is 10.4 Å². The first-order chi connectivity index (χ1) is 12.4. The number of hydrogen-bond donors (Lipinski definition) is 1. The molecular weight excluding hydrogens is 414 g/mol. The summed E-state index contributed by atoms with van der Waals surface area (Å²) in [6.07, 6.45) is 0. The van der Waals surface area contributed by atoms with Crippen LogP contribution in [0.2, 0.25) is 4.34 Å². The van der Waals surface area contributed by atoms with Crippen LogP contribution in [0.3, 0.4) is 0 Å². The molecule has 26 heavy (non-hydrogen) atoms. The first-order valence-electron chi connectivity index (χ1n) is 8.17. The molecular formula is C16H20ClN3O3S3. The van der Waals surface area contributed by atoms with Gasteiger partial charge in [-0.15, -0.1) is 22.7 Å². The van der Waals surface area contributed by atoms with Gasteiger partial charge in [-0.2, -0.15) is 4.31 Å². The van der Waals surface area contributed by atoms with Gasteiger partial charge in [-0.05, 0) is 30.5 Å². The second kappa shape index (κ2) is 8.37. The van der Waals surface area contributed by atoms with Gasteiger partial charge in [0.2, 0.25) is 5.91 Å². The van der Waals surface area contributed by atoms with Crippen LogP contribution in [0.25, 0.3) is 0 Å². The Balaban J connectivity index is 1.53. The molecule has 1 aliphatic heterocycles. The second-order valence-corrected chi connectivity index (χ2v) is 10.9. The third kappa shape index (κ3) is 4.47. The molecule has 1 saturated heterocycles. The lowest BCUT2D eigenvalue weighted by atomic mass is 10.2. The predicted octanol–water partition coefficient (Wildman–Crippen LogP) is 2.47. The van der Waals surface area contributed by atoms with Crippen molar-refractivity contribution in [2.45, 2.75) is 23.7 Å². The first-order valence-corrected chi connectivity index (χ1v) is 11.7. The molecule has 142 valence electrons. The highest BCUT2D eigenvalue weighted by Gasteiger charge is 2.32. The van der Waals surface area contributed by atoms with E-state index in [0.29, 0.717) is 37.1 Å². The van der Waals surface area contributed by atoms with Crippen LogP contribution in [0.15, 0.2) is 33.9 Å². The highest BCUT2D eigenvalue weighted by Crippen LogP contribution is 2.28. The van der Waals surface area contributed by atoms with Crippen molar-refractivity contribution in [3.8, 4) is 0 Å². The number of carbonyl (C=O) groups is 1. The number of hydrogen-bond acceptors (Lipinski definition) is 6. The van der Waals surface area contributed by atoms with Gasteiger partial charge in [0.15, 0.2) is 0 Å². The Hall–Kier alpha value is -0.970. The van der Waals surface area contributed by atoms with Crippen LogP contribution in [0.5, 0.6) is 0 Å². The number of carbonyl (C=O) groups excluding carboxylic acids is 1. The van der Waals surface area contributed by atoms with Crippen LogP contribution in [-0.2, 0) is 21.4 Å². The number of rotatable bonds is 6. The molecule has 0 bridgehead atoms. The summed E-state index contributed by atoms with van der Waals surface area (Å²) in [4.78, 5) is 15.5. The van der Waals surface area contributed by atoms with E-state index in [1.54, 1.807) is 17.4 Å². The molecule has 0 radical (unpaired) electrons. The zero-order chi connectivity index (χ0) is 18.7. The monoisotopic (exact) mass is 433 g/mol. The van der Waals surface area contributed by atoms with Gasteiger partial charge in [0.05, 0.1) is 16.9 Å². The van der Waals surface area contributed by atoms with Gasteiger partial charge in [-0.1, -0.05) is 17.7 Å². The van der Waals surface area contributed by atoms with E-state index < -0.39 is 10.0 Å². The van der Waals surface area contributed by atoms with E-state index in [9.17, 15) is 13.2 Å². The lowest BCUT2D eigenvalue weighted by Crippen LogP contribution is -2.54. The topological polar surface area (TPSA) is 69.7 Å². The Bertz CT molecular complexity index is 843. The minimum absolute atomic E-state index is 0.0419. The van der Waals surface area contributed by atoms with Crippen LogP contribution >= 0.6 is 34.3 Å². The van der Waals surface area contributed by atoms with Gasteiger partial charge in [0, 0.05) is 31.1 Å². The zero-order valence-corrected chi connectivity index (χ0v) is 17.4. The molecule has 3 rings (SSSR count). The van der Waals surface area contributed by atoms with Crippen LogP contribution in [0.1, 0.15) is 11.8 Å². The molecule has 2 aromatic heterocycles. The lowest BCUT2D eigenvalue weighted by molar-refractivity contribution is -0.126. The summed E-state index contributed by atoms with van der Waals surface area (Å²) in [5.74, 6) is -0.0419. The maximum Gasteiger partial charge on any atom is 0.252 e. The van der Waals surface area contributed by atoms with Crippen molar-refractivity contribution >= 4 is 50.2 Å². The summed E-state index contributed by atoms with van der Waals surface area (Å²) in [5.41, 5.74) is 0. The lowest BCUT2D eigenvalue weighted by Gasteiger charge is -2.36. The number of amides is 1. The number of halogens is 1. The fraction of sp³-hybridized carbons (Fsp3) is 0.438. The van der Waals surface area contributed by atoms with Crippen molar-refractivity contribution in [1.29, 1.82) is 0 Å². The normalized spacial score (nSPS) is 17.9. The van der Waals surface area contributed by atoms with Gasteiger partial charge < -0.3 is 5.32 Å². The summed E-state index contributed by atoms with van der Waals surface area (Å²) < 4.78 is 27.4. The largest absolute Gasteiger partial charge is 0.350 e. The van der Waals surface area contributed by atoms with Crippen molar-refractivity contribution in [1.82, 2.24) is 14.5 Å². The molecule has 1 fully saturated rings. The highest BCUT2D eigenvalue weighted by molar-refractivity contribution is 7.91. The predicted molar refractivity (Wildman–Crippen MR) is 105 cm³/mol. The summed E-state index contributed by atoms with van der Waals surface area (Å²) in [6, 6.07) is 6.77. The van der Waals surface area contributed by atoms with Gasteiger partial charge >= 0.3 is 0 Å². The summed E-state index contributed by atoms with van der Waals surface area (Å²) in [6.45, 7) is 4.14. The van der Waals surface area contributed by atoms with E-state index in [1.807, 2.05) is 29.3 Å². The first kappa shape index (κ1) is 19.8. The fourth-order valence-electron chi connectivity index (χ4n) is 2.80. The Morgan fingerprint density at radius 2 is 2.00 bits per heavy atom. The second-order valence-electron chi connectivity index (χ2n) is 5.97. The average molecular weight is 434 g/mol. The van der Waals surface area contributed by atoms with E-state index in [4.69, 9.17) is 11.6 Å². The molecule has 2 aromatic rings. The molecule has 1 N–H and O–H groups in total. The molecule has 0 saturated carbocycles. The molecule has 1 atom stereocenters. The van der Waals surface area contributed by atoms with Gasteiger partial charge in [0.25, 0.3) is 10.0 Å². The summed E-state index contributed by atoms with van der Waals surface area (Å²) in [7, 11) is -3.51. The van der Waals surface area contributed by atoms with Crippen molar-refractivity contribution in [2.24, 2.45) is 0 Å². The van der Waals surface area contributed by atoms with Crippen molar-refractivity contribution in [3.05, 3.63) is 38.9 Å². The minimum atomic E-state index is -3.51. The van der Waals surface area contributed by atoms with E-state index in [0.717, 1.165) is 16.2 Å². The van der Waals surface area contributed by atoms with E-state index >= 15 is 0 Å². The van der Waals surface area contributed by atoms with Crippen molar-refractivity contribution in [2.75, 3.05) is 26.2 Å². The van der Waals surface area contributed by atoms with Crippen molar-refractivity contribution < 1.29 is 13.2 Å². The summed E-state index contributed by atoms with van der Waals surface area (Å²) >= 11 is 8.52. The van der Waals surface area contributed by atoms with E-state index in [2.05, 4.69) is 5.32 Å². The van der Waals surface area contributed by atoms with Crippen LogP contribution in [-0.4, -0.2) is 55.8 Å². The number of nitrogens with one attached hydrogen (secondary N) is 1. The Labute approximate surface area is 166 Å². The molecule has 0 aromatic carbocycles. The van der Waals surface area contributed by atoms with Gasteiger partial charge in [0.1, 0.15) is 4.21 Å². The Kier molecular flexibility index (Phi) is 6.37. The van der Waals surface area contributed by atoms with E-state index in [-0.39, 0.29) is 16.2 Å². The molecule has 0 unspecified atom stereocenters. The maximum absolute atomic E-state index is 12.6. The van der Waals surface area contributed by atoms with Gasteiger partial charge in [-0.3, -0.25) is 9.69 Å². The number of nitrogens with zero attached hydrogens (tertiary/aromatic N) is 2. The fourth-order valence-corrected chi connectivity index (χ4v) is 6.50. The smallest absolute Gasteiger partial charge is 0.252 e. The SMILES string of the molecule is C[C@H](C(=O)NCc1cccs1)N1CCN(S(=O)(=O)c2ccc(Cl)s2)CC1. The Morgan fingerprint density at radius 3 is 2.58 bits per heavy atom. The third-order valence-electron chi connectivity index (χ3n) is 4.36. The third-order valence-corrected chi connectivity index (χ3v) is 8.83. The zero-order valence-electron chi connectivity index (χ0n) is 14.2. The van der Waals surface area contributed by atoms with Crippen LogP contribution in [0, 0.1) is 0 Å². The molecule has 1 amide bonds. The molecule has 0 spiro atoms. The average Bonchev–Trinajstić information content (AvgIpc) is 3.31. The molecule has 10 heteroatoms. The summed E-state index contributed by atoms with van der Waals surface area (Å²) in [5, 5.41) is 4.91. The number of piperazine rings is 1. The highest BCUT2D eigenvalue weighted by atomic mass is 35.5. The van der Waals surface area contributed by atoms with Crippen LogP contribution < -0.4 is 5.32 Å². The molecule has 3 heterocycles. The maximum atomic E-state index is 12.6. The standard InChI is InChI=1S/C16H20ClN3O3S3/c1-12(16(21)18-11-13-3-2-10-24-13)19-6-8-20(9-7-19)26(22,23)15-5-4-14(17)25-15/h2-5,10,12H,6-9,11H2,1H3,(H,18,21)/t12-/m1/s1. The Morgan fingerprint density at radius 1 is 1.27 bits per heavy atom. The molecule has 0 aliphatic carbocycles. The number of sulfonamides is 1. The minimum Gasteiger partial charge on any atom is -0.350 e. The van der Waals surface area contributed by atoms with Gasteiger partial charge in [-0.25, -0.2) is 8.42 Å². The quantitative estimate of drug-likeness (QED) is 0.759. The van der Waals surface area contributed by atoms with Crippen LogP contribution in [0.4, 0.5) is 0 Å². The van der Waals surface area contributed by atoms with Crippen molar-refractivity contribution in [3.63, 3.8) is 0 Å².